The molecule has 2 aromatic carbocycles. The lowest BCUT2D eigenvalue weighted by Crippen LogP contribution is -2.22. The predicted octanol–water partition coefficient (Wildman–Crippen LogP) is 6.12. The van der Waals surface area contributed by atoms with Gasteiger partial charge in [0.05, 0.1) is 17.2 Å². The van der Waals surface area contributed by atoms with E-state index < -0.39 is 0 Å². The molecule has 0 bridgehead atoms. The van der Waals surface area contributed by atoms with Crippen LogP contribution in [0.2, 0.25) is 0 Å². The quantitative estimate of drug-likeness (QED) is 0.537. The van der Waals surface area contributed by atoms with Crippen molar-refractivity contribution in [1.29, 1.82) is 0 Å². The zero-order valence-electron chi connectivity index (χ0n) is 13.1. The molecule has 0 amide bonds. The van der Waals surface area contributed by atoms with Gasteiger partial charge in [0.15, 0.2) is 5.69 Å². The summed E-state index contributed by atoms with van der Waals surface area (Å²) in [4.78, 5) is 0. The third-order valence-electron chi connectivity index (χ3n) is 4.27. The molecule has 0 atom stereocenters. The monoisotopic (exact) mass is 401 g/mol. The molecule has 0 radical (unpaired) electrons. The third-order valence-corrected chi connectivity index (χ3v) is 6.01. The van der Waals surface area contributed by atoms with Crippen molar-refractivity contribution in [2.45, 2.75) is 13.0 Å². The number of aromatic hydroxyl groups is 1. The maximum absolute atomic E-state index is 10.8. The van der Waals surface area contributed by atoms with Gasteiger partial charge in [-0.2, -0.15) is 16.9 Å². The largest absolute Gasteiger partial charge is 0.493 e. The zero-order chi connectivity index (χ0) is 16.7. The highest BCUT2D eigenvalue weighted by molar-refractivity contribution is 9.10. The second-order valence-corrected chi connectivity index (χ2v) is 7.87. The highest BCUT2D eigenvalue weighted by Gasteiger charge is 2.27. The molecule has 0 spiro atoms. The molecule has 1 aliphatic rings. The fourth-order valence-corrected chi connectivity index (χ4v) is 3.98. The highest BCUT2D eigenvalue weighted by Crippen LogP contribution is 2.45. The minimum Gasteiger partial charge on any atom is -0.493 e. The molecule has 0 aliphatic carbocycles. The zero-order valence-corrected chi connectivity index (χ0v) is 15.5. The van der Waals surface area contributed by atoms with Crippen LogP contribution in [0.3, 0.4) is 0 Å². The number of benzene rings is 2. The molecule has 1 aliphatic heterocycles. The first-order valence-electron chi connectivity index (χ1n) is 7.72. The van der Waals surface area contributed by atoms with Crippen LogP contribution < -0.4 is 0 Å². The summed E-state index contributed by atoms with van der Waals surface area (Å²) in [6.07, 6.45) is 0. The molecular weight excluding hydrogens is 386 g/mol. The fourth-order valence-electron chi connectivity index (χ4n) is 2.88. The van der Waals surface area contributed by atoms with Gasteiger partial charge >= 0.3 is 0 Å². The molecule has 24 heavy (non-hydrogen) atoms. The van der Waals surface area contributed by atoms with E-state index in [1.807, 2.05) is 65.7 Å². The van der Waals surface area contributed by atoms with Crippen molar-refractivity contribution in [3.63, 3.8) is 0 Å². The number of nitrogens with zero attached hydrogens (tertiary/aromatic N) is 3. The first-order valence-corrected chi connectivity index (χ1v) is 9.67. The van der Waals surface area contributed by atoms with Gasteiger partial charge < -0.3 is 9.67 Å². The second kappa shape index (κ2) is 6.26. The van der Waals surface area contributed by atoms with E-state index in [0.29, 0.717) is 11.7 Å². The maximum atomic E-state index is 10.8. The Labute approximate surface area is 152 Å². The van der Waals surface area contributed by atoms with E-state index in [1.54, 1.807) is 0 Å². The lowest BCUT2D eigenvalue weighted by molar-refractivity contribution is 0.406. The fraction of sp³-hybridized carbons (Fsp3) is 0.222. The Bertz CT molecular complexity index is 947. The lowest BCUT2D eigenvalue weighted by atomic mass is 10.2. The van der Waals surface area contributed by atoms with Gasteiger partial charge in [0.2, 0.25) is 5.88 Å². The van der Waals surface area contributed by atoms with Crippen LogP contribution in [0.5, 0.6) is 5.88 Å². The minimum atomic E-state index is 0.200. The molecule has 1 fully saturated rings. The van der Waals surface area contributed by atoms with Crippen LogP contribution >= 0.6 is 27.7 Å². The summed E-state index contributed by atoms with van der Waals surface area (Å²) in [5, 5.41) is 20.4. The Morgan fingerprint density at radius 1 is 1.17 bits per heavy atom. The van der Waals surface area contributed by atoms with E-state index in [0.717, 1.165) is 38.1 Å². The van der Waals surface area contributed by atoms with Crippen molar-refractivity contribution in [1.82, 2.24) is 4.57 Å². The Morgan fingerprint density at radius 3 is 2.67 bits per heavy atom. The standard InChI is InChI=1S/C18H16BrN3OS/c1-11-4-2-3-5-15(11)20-21-17-14-8-12(19)6-7-16(14)22(18(17)23)13-9-24-10-13/h2-8,13,23H,9-10H2,1H3. The number of azo groups is 1. The first kappa shape index (κ1) is 15.7. The average molecular weight is 402 g/mol. The van der Waals surface area contributed by atoms with Gasteiger partial charge in [-0.15, -0.1) is 5.11 Å². The molecular formula is C18H16BrN3OS. The maximum Gasteiger partial charge on any atom is 0.221 e. The Balaban J connectivity index is 1.86. The smallest absolute Gasteiger partial charge is 0.221 e. The van der Waals surface area contributed by atoms with Gasteiger partial charge in [-0.1, -0.05) is 34.1 Å². The van der Waals surface area contributed by atoms with Crippen molar-refractivity contribution in [3.05, 3.63) is 52.5 Å². The van der Waals surface area contributed by atoms with Crippen molar-refractivity contribution in [2.24, 2.45) is 10.2 Å². The lowest BCUT2D eigenvalue weighted by Gasteiger charge is -2.27. The third kappa shape index (κ3) is 2.63. The van der Waals surface area contributed by atoms with E-state index in [1.165, 1.54) is 0 Å². The number of aryl methyl sites for hydroxylation is 1. The summed E-state index contributed by atoms with van der Waals surface area (Å²) < 4.78 is 2.95. The summed E-state index contributed by atoms with van der Waals surface area (Å²) in [6, 6.07) is 14.2. The summed E-state index contributed by atoms with van der Waals surface area (Å²) >= 11 is 5.40. The Kier molecular flexibility index (Phi) is 4.10. The minimum absolute atomic E-state index is 0.200. The van der Waals surface area contributed by atoms with E-state index >= 15 is 0 Å². The molecule has 4 nitrogen and oxygen atoms in total. The van der Waals surface area contributed by atoms with Gasteiger partial charge in [-0.3, -0.25) is 0 Å². The molecule has 1 N–H and O–H groups in total. The summed E-state index contributed by atoms with van der Waals surface area (Å²) in [5.74, 6) is 2.23. The molecule has 0 unspecified atom stereocenters. The second-order valence-electron chi connectivity index (χ2n) is 5.88. The van der Waals surface area contributed by atoms with Crippen LogP contribution in [0.25, 0.3) is 10.9 Å². The van der Waals surface area contributed by atoms with Gasteiger partial charge in [-0.25, -0.2) is 0 Å². The van der Waals surface area contributed by atoms with Crippen molar-refractivity contribution in [2.75, 3.05) is 11.5 Å². The highest BCUT2D eigenvalue weighted by atomic mass is 79.9. The van der Waals surface area contributed by atoms with E-state index in [4.69, 9.17) is 0 Å². The van der Waals surface area contributed by atoms with Gasteiger partial charge in [0, 0.05) is 21.4 Å². The van der Waals surface area contributed by atoms with Crippen LogP contribution in [0.1, 0.15) is 11.6 Å². The van der Waals surface area contributed by atoms with Gasteiger partial charge in [-0.05, 0) is 36.8 Å². The molecule has 3 aromatic rings. The molecule has 122 valence electrons. The molecule has 6 heteroatoms. The Morgan fingerprint density at radius 2 is 1.96 bits per heavy atom. The van der Waals surface area contributed by atoms with E-state index in [9.17, 15) is 5.11 Å². The number of fused-ring (bicyclic) bond motifs is 1. The SMILES string of the molecule is Cc1ccccc1N=Nc1c(O)n(C2CSC2)c2ccc(Br)cc12. The normalized spacial score (nSPS) is 15.2. The van der Waals surface area contributed by atoms with Crippen LogP contribution in [0.4, 0.5) is 11.4 Å². The average Bonchev–Trinajstić information content (AvgIpc) is 2.77. The number of rotatable bonds is 3. The van der Waals surface area contributed by atoms with Crippen LogP contribution in [-0.2, 0) is 0 Å². The van der Waals surface area contributed by atoms with Crippen molar-refractivity contribution in [3.8, 4) is 5.88 Å². The molecule has 1 aromatic heterocycles. The Hall–Kier alpha value is -1.79. The van der Waals surface area contributed by atoms with E-state index in [2.05, 4.69) is 26.2 Å². The summed E-state index contributed by atoms with van der Waals surface area (Å²) in [6.45, 7) is 2.00. The van der Waals surface area contributed by atoms with Crippen LogP contribution in [-0.4, -0.2) is 21.2 Å². The molecule has 2 heterocycles. The van der Waals surface area contributed by atoms with E-state index in [-0.39, 0.29) is 5.88 Å². The number of hydrogen-bond acceptors (Lipinski definition) is 4. The first-order chi connectivity index (χ1) is 11.6. The molecule has 4 rings (SSSR count). The predicted molar refractivity (Wildman–Crippen MR) is 103 cm³/mol. The van der Waals surface area contributed by atoms with Crippen molar-refractivity contribution < 1.29 is 5.11 Å². The summed E-state index contributed by atoms with van der Waals surface area (Å²) in [5.41, 5.74) is 3.40. The molecule has 1 saturated heterocycles. The molecule has 0 saturated carbocycles. The topological polar surface area (TPSA) is 49.9 Å². The number of halogens is 1. The van der Waals surface area contributed by atoms with Crippen LogP contribution in [0, 0.1) is 6.92 Å². The number of hydrogen-bond donors (Lipinski definition) is 1. The van der Waals surface area contributed by atoms with Crippen molar-refractivity contribution >= 4 is 50.0 Å². The van der Waals surface area contributed by atoms with Gasteiger partial charge in [0.25, 0.3) is 0 Å². The summed E-state index contributed by atoms with van der Waals surface area (Å²) in [7, 11) is 0. The van der Waals surface area contributed by atoms with Crippen LogP contribution in [0.15, 0.2) is 57.2 Å². The van der Waals surface area contributed by atoms with Gasteiger partial charge in [0.1, 0.15) is 0 Å². The number of aromatic nitrogens is 1. The number of thioether (sulfide) groups is 1.